The predicted molar refractivity (Wildman–Crippen MR) is 149 cm³/mol. The van der Waals surface area contributed by atoms with Crippen molar-refractivity contribution >= 4 is 34.4 Å². The Morgan fingerprint density at radius 1 is 1.24 bits per heavy atom. The Bertz CT molecular complexity index is 1600. The molecule has 0 unspecified atom stereocenters. The molecule has 0 saturated heterocycles. The van der Waals surface area contributed by atoms with Crippen molar-refractivity contribution in [1.29, 1.82) is 0 Å². The second-order valence-corrected chi connectivity index (χ2v) is 11.1. The highest BCUT2D eigenvalue weighted by Gasteiger charge is 2.47. The third-order valence-corrected chi connectivity index (χ3v) is 7.73. The van der Waals surface area contributed by atoms with Crippen LogP contribution in [0.2, 0.25) is 0 Å². The largest absolute Gasteiger partial charge is 0.457 e. The summed E-state index contributed by atoms with van der Waals surface area (Å²) in [7, 11) is 0. The molecule has 0 radical (unpaired) electrons. The molecule has 2 N–H and O–H groups in total. The number of halogens is 3. The number of hydrogen-bond donors (Lipinski definition) is 2. The van der Waals surface area contributed by atoms with Gasteiger partial charge >= 0.3 is 6.18 Å². The van der Waals surface area contributed by atoms with Crippen LogP contribution in [0.15, 0.2) is 60.1 Å². The van der Waals surface area contributed by atoms with E-state index in [-0.39, 0.29) is 40.8 Å². The Hall–Kier alpha value is -4.39. The van der Waals surface area contributed by atoms with Crippen molar-refractivity contribution in [1.82, 2.24) is 9.78 Å². The Labute approximate surface area is 237 Å². The summed E-state index contributed by atoms with van der Waals surface area (Å²) in [6, 6.07) is 10.3. The summed E-state index contributed by atoms with van der Waals surface area (Å²) in [5, 5.41) is 22.9. The van der Waals surface area contributed by atoms with E-state index in [4.69, 9.17) is 4.74 Å². The van der Waals surface area contributed by atoms with Crippen molar-refractivity contribution in [2.45, 2.75) is 51.4 Å². The number of nitro benzene ring substituents is 1. The molecule has 4 aromatic rings. The first-order chi connectivity index (χ1) is 19.4. The van der Waals surface area contributed by atoms with E-state index in [0.717, 1.165) is 28.1 Å². The quantitative estimate of drug-likeness (QED) is 0.168. The highest BCUT2D eigenvalue weighted by atomic mass is 32.1. The second-order valence-electron chi connectivity index (χ2n) is 10.1. The molecule has 0 aliphatic carbocycles. The van der Waals surface area contributed by atoms with E-state index in [1.165, 1.54) is 23.5 Å². The van der Waals surface area contributed by atoms with Crippen LogP contribution >= 0.6 is 11.3 Å². The molecule has 214 valence electrons. The molecule has 1 amide bonds. The summed E-state index contributed by atoms with van der Waals surface area (Å²) in [4.78, 5) is 25.1. The number of nitrogens with one attached hydrogen (secondary N) is 2. The summed E-state index contributed by atoms with van der Waals surface area (Å²) >= 11 is 1.31. The summed E-state index contributed by atoms with van der Waals surface area (Å²) in [6.45, 7) is 5.87. The molecule has 13 heteroatoms. The number of rotatable bonds is 7. The predicted octanol–water partition coefficient (Wildman–Crippen LogP) is 7.99. The van der Waals surface area contributed by atoms with E-state index in [0.29, 0.717) is 10.6 Å². The van der Waals surface area contributed by atoms with Crippen LogP contribution in [0, 0.1) is 17.0 Å². The van der Waals surface area contributed by atoms with Crippen molar-refractivity contribution < 1.29 is 27.6 Å². The number of aromatic nitrogens is 2. The monoisotopic (exact) mass is 585 g/mol. The zero-order valence-electron chi connectivity index (χ0n) is 22.2. The maximum Gasteiger partial charge on any atom is 0.410 e. The smallest absolute Gasteiger partial charge is 0.410 e. The number of fused-ring (bicyclic) bond motifs is 1. The number of aryl methyl sites for hydroxylation is 1. The molecule has 2 aromatic heterocycles. The van der Waals surface area contributed by atoms with Gasteiger partial charge < -0.3 is 15.4 Å². The highest BCUT2D eigenvalue weighted by Crippen LogP contribution is 2.45. The number of amides is 1. The van der Waals surface area contributed by atoms with Gasteiger partial charge in [-0.25, -0.2) is 4.68 Å². The fourth-order valence-corrected chi connectivity index (χ4v) is 5.55. The summed E-state index contributed by atoms with van der Waals surface area (Å²) in [6.07, 6.45) is -3.82. The number of hydrogen-bond acceptors (Lipinski definition) is 7. The molecule has 9 nitrogen and oxygen atoms in total. The van der Waals surface area contributed by atoms with Crippen molar-refractivity contribution in [3.8, 4) is 11.5 Å². The fraction of sp³-hybridized carbons (Fsp3) is 0.286. The van der Waals surface area contributed by atoms with Gasteiger partial charge in [0.25, 0.3) is 11.6 Å². The van der Waals surface area contributed by atoms with Crippen LogP contribution in [-0.2, 0) is 0 Å². The molecule has 0 saturated carbocycles. The van der Waals surface area contributed by atoms with Crippen molar-refractivity contribution in [3.05, 3.63) is 91.8 Å². The third-order valence-electron chi connectivity index (χ3n) is 6.75. The number of nitrogens with zero attached hydrogens (tertiary/aromatic N) is 3. The van der Waals surface area contributed by atoms with Gasteiger partial charge in [-0.15, -0.1) is 11.3 Å². The molecule has 0 spiro atoms. The number of thiophene rings is 1. The van der Waals surface area contributed by atoms with Gasteiger partial charge in [-0.1, -0.05) is 32.0 Å². The van der Waals surface area contributed by atoms with Crippen LogP contribution in [0.25, 0.3) is 0 Å². The average molecular weight is 586 g/mol. The van der Waals surface area contributed by atoms with Gasteiger partial charge in [-0.05, 0) is 41.5 Å². The van der Waals surface area contributed by atoms with Crippen LogP contribution in [0.3, 0.4) is 0 Å². The van der Waals surface area contributed by atoms with Gasteiger partial charge in [0.2, 0.25) is 0 Å². The first-order valence-corrected chi connectivity index (χ1v) is 13.6. The van der Waals surface area contributed by atoms with Gasteiger partial charge in [-0.2, -0.15) is 18.3 Å². The van der Waals surface area contributed by atoms with Crippen molar-refractivity contribution in [3.63, 3.8) is 0 Å². The van der Waals surface area contributed by atoms with Crippen LogP contribution < -0.4 is 15.4 Å². The number of anilines is 2. The van der Waals surface area contributed by atoms with Crippen LogP contribution in [0.5, 0.6) is 11.5 Å². The summed E-state index contributed by atoms with van der Waals surface area (Å²) in [5.41, 5.74) is 1.40. The van der Waals surface area contributed by atoms with Gasteiger partial charge in [0.15, 0.2) is 6.04 Å². The standard InChI is InChI=1S/C28H26F3N5O4S/c1-15(2)20-7-6-16(3)9-23(20)40-19-11-17(10-18(12-19)36(38)39)33-27(37)21-14-32-35-25(28(29,30)31)13-22(34-26(21)35)24-5-4-8-41-24/h4-12,14-15,22,25,34H,13H2,1-3H3,(H,33,37)/t22-,25-/m1/s1. The highest BCUT2D eigenvalue weighted by molar-refractivity contribution is 7.10. The maximum atomic E-state index is 14.0. The molecule has 1 aliphatic heterocycles. The Kier molecular flexibility index (Phi) is 7.47. The molecule has 2 aromatic carbocycles. The summed E-state index contributed by atoms with van der Waals surface area (Å²) in [5.74, 6) is -0.116. The Morgan fingerprint density at radius 2 is 2.02 bits per heavy atom. The van der Waals surface area contributed by atoms with Crippen LogP contribution in [0.4, 0.5) is 30.4 Å². The third kappa shape index (κ3) is 5.89. The van der Waals surface area contributed by atoms with E-state index in [2.05, 4.69) is 15.7 Å². The minimum Gasteiger partial charge on any atom is -0.457 e. The molecule has 2 atom stereocenters. The SMILES string of the molecule is Cc1ccc(C(C)C)c(Oc2cc(NC(=O)c3cnn4c3N[C@@H](c3cccs3)C[C@@H]4C(F)(F)F)cc([N+](=O)[O-])c2)c1. The molecule has 0 fully saturated rings. The molecular formula is C28H26F3N5O4S. The molecule has 1 aliphatic rings. The van der Waals surface area contributed by atoms with Gasteiger partial charge in [0.05, 0.1) is 28.9 Å². The second kappa shape index (κ2) is 10.9. The Morgan fingerprint density at radius 3 is 2.68 bits per heavy atom. The first-order valence-electron chi connectivity index (χ1n) is 12.7. The van der Waals surface area contributed by atoms with Gasteiger partial charge in [-0.3, -0.25) is 14.9 Å². The number of alkyl halides is 3. The molecule has 5 rings (SSSR count). The lowest BCUT2D eigenvalue weighted by molar-refractivity contribution is -0.384. The van der Waals surface area contributed by atoms with E-state index < -0.39 is 29.1 Å². The number of non-ortho nitro benzene ring substituents is 1. The zero-order valence-corrected chi connectivity index (χ0v) is 23.0. The normalized spacial score (nSPS) is 16.7. The number of nitro groups is 1. The zero-order chi connectivity index (χ0) is 29.5. The fourth-order valence-electron chi connectivity index (χ4n) is 4.76. The lowest BCUT2D eigenvalue weighted by Crippen LogP contribution is -2.36. The summed E-state index contributed by atoms with van der Waals surface area (Å²) < 4.78 is 48.7. The van der Waals surface area contributed by atoms with E-state index in [1.807, 2.05) is 39.0 Å². The van der Waals surface area contributed by atoms with E-state index in [1.54, 1.807) is 17.5 Å². The number of carbonyl (C=O) groups is 1. The maximum absolute atomic E-state index is 14.0. The number of benzene rings is 2. The number of ether oxygens (including phenoxy) is 1. The van der Waals surface area contributed by atoms with Crippen LogP contribution in [-0.4, -0.2) is 26.8 Å². The lowest BCUT2D eigenvalue weighted by Gasteiger charge is -2.33. The minimum absolute atomic E-state index is 0.0379. The van der Waals surface area contributed by atoms with Crippen molar-refractivity contribution in [2.75, 3.05) is 10.6 Å². The molecule has 3 heterocycles. The lowest BCUT2D eigenvalue weighted by atomic mass is 10.0. The average Bonchev–Trinajstić information content (AvgIpc) is 3.57. The van der Waals surface area contributed by atoms with Crippen LogP contribution in [0.1, 0.15) is 64.6 Å². The van der Waals surface area contributed by atoms with Gasteiger partial charge in [0, 0.05) is 23.4 Å². The van der Waals surface area contributed by atoms with Gasteiger partial charge in [0.1, 0.15) is 22.9 Å². The first kappa shape index (κ1) is 28.1. The minimum atomic E-state index is -4.59. The molecular weight excluding hydrogens is 559 g/mol. The molecule has 41 heavy (non-hydrogen) atoms. The van der Waals surface area contributed by atoms with E-state index in [9.17, 15) is 28.1 Å². The Balaban J connectivity index is 1.47. The van der Waals surface area contributed by atoms with Crippen molar-refractivity contribution in [2.24, 2.45) is 0 Å². The van der Waals surface area contributed by atoms with E-state index >= 15 is 0 Å². The topological polar surface area (TPSA) is 111 Å². The molecule has 0 bridgehead atoms. The number of carbonyl (C=O) groups excluding carboxylic acids is 1.